The molecule has 0 aromatic carbocycles. The van der Waals surface area contributed by atoms with E-state index in [1.165, 1.54) is 12.8 Å². The van der Waals surface area contributed by atoms with Crippen molar-refractivity contribution in [2.45, 2.75) is 63.2 Å². The highest BCUT2D eigenvalue weighted by Crippen LogP contribution is 2.19. The lowest BCUT2D eigenvalue weighted by atomic mass is 10.1. The molecule has 3 aliphatic rings. The largest absolute Gasteiger partial charge is 0.376 e. The van der Waals surface area contributed by atoms with Gasteiger partial charge in [0.2, 0.25) is 5.91 Å². The Kier molecular flexibility index (Phi) is 7.41. The molecule has 3 fully saturated rings. The summed E-state index contributed by atoms with van der Waals surface area (Å²) in [6.45, 7) is 4.27. The van der Waals surface area contributed by atoms with Gasteiger partial charge in [-0.05, 0) is 51.5 Å². The number of carbonyl (C=O) groups is 1. The second-order valence-corrected chi connectivity index (χ2v) is 6.50. The normalized spacial score (nSPS) is 30.1. The summed E-state index contributed by atoms with van der Waals surface area (Å²) in [7, 11) is 0. The van der Waals surface area contributed by atoms with Gasteiger partial charge in [0.05, 0.1) is 24.9 Å². The van der Waals surface area contributed by atoms with Crippen LogP contribution in [0.1, 0.15) is 44.9 Å². The quantitative estimate of drug-likeness (QED) is 0.852. The van der Waals surface area contributed by atoms with Crippen molar-refractivity contribution in [3.63, 3.8) is 0 Å². The fraction of sp³-hybridized carbons (Fsp3) is 0.938. The molecule has 0 aromatic heterocycles. The number of nitrogens with one attached hydrogen (secondary N) is 1. The lowest BCUT2D eigenvalue weighted by Gasteiger charge is -2.34. The average Bonchev–Trinajstić information content (AvgIpc) is 3.08. The molecular formula is C16H29ClN2O3. The zero-order valence-electron chi connectivity index (χ0n) is 13.3. The van der Waals surface area contributed by atoms with Crippen LogP contribution in [0.3, 0.4) is 0 Å². The van der Waals surface area contributed by atoms with E-state index in [4.69, 9.17) is 9.47 Å². The molecule has 1 N–H and O–H groups in total. The molecule has 2 unspecified atom stereocenters. The van der Waals surface area contributed by atoms with Crippen LogP contribution in [0.5, 0.6) is 0 Å². The number of piperidine rings is 1. The van der Waals surface area contributed by atoms with E-state index < -0.39 is 0 Å². The van der Waals surface area contributed by atoms with Crippen molar-refractivity contribution in [3.8, 4) is 0 Å². The van der Waals surface area contributed by atoms with Gasteiger partial charge in [-0.25, -0.2) is 0 Å². The third kappa shape index (κ3) is 4.82. The zero-order chi connectivity index (χ0) is 14.5. The summed E-state index contributed by atoms with van der Waals surface area (Å²) < 4.78 is 11.7. The van der Waals surface area contributed by atoms with Gasteiger partial charge >= 0.3 is 0 Å². The number of likely N-dealkylation sites (tertiary alicyclic amines) is 1. The first-order valence-electron chi connectivity index (χ1n) is 8.58. The van der Waals surface area contributed by atoms with Crippen molar-refractivity contribution in [2.24, 2.45) is 0 Å². The third-order valence-electron chi connectivity index (χ3n) is 4.90. The number of nitrogens with zero attached hydrogens (tertiary/aromatic N) is 1. The summed E-state index contributed by atoms with van der Waals surface area (Å²) in [5, 5.41) is 3.29. The monoisotopic (exact) mass is 332 g/mol. The summed E-state index contributed by atoms with van der Waals surface area (Å²) in [4.78, 5) is 14.3. The van der Waals surface area contributed by atoms with E-state index in [-0.39, 0.29) is 18.4 Å². The third-order valence-corrected chi connectivity index (χ3v) is 4.90. The van der Waals surface area contributed by atoms with Gasteiger partial charge in [-0.1, -0.05) is 0 Å². The molecule has 2 atom stereocenters. The predicted octanol–water partition coefficient (Wildman–Crippen LogP) is 1.74. The number of rotatable bonds is 4. The van der Waals surface area contributed by atoms with Crippen molar-refractivity contribution in [1.82, 2.24) is 10.2 Å². The van der Waals surface area contributed by atoms with Crippen molar-refractivity contribution in [1.29, 1.82) is 0 Å². The molecule has 5 nitrogen and oxygen atoms in total. The van der Waals surface area contributed by atoms with Crippen molar-refractivity contribution >= 4 is 18.3 Å². The number of carbonyl (C=O) groups excluding carboxylic acids is 1. The van der Waals surface area contributed by atoms with Crippen LogP contribution >= 0.6 is 12.4 Å². The molecule has 128 valence electrons. The standard InChI is InChI=1S/C16H28N2O3.ClH/c19-16(15-5-3-8-17-15)18-9-6-13(7-10-18)21-12-14-4-1-2-11-20-14;/h13-15,17H,1-12H2;1H. The maximum atomic E-state index is 12.3. The Morgan fingerprint density at radius 2 is 1.95 bits per heavy atom. The van der Waals surface area contributed by atoms with E-state index in [1.807, 2.05) is 4.90 Å². The molecule has 0 bridgehead atoms. The van der Waals surface area contributed by atoms with Crippen molar-refractivity contribution in [3.05, 3.63) is 0 Å². The molecule has 0 saturated carbocycles. The first kappa shape index (κ1) is 18.0. The van der Waals surface area contributed by atoms with E-state index >= 15 is 0 Å². The van der Waals surface area contributed by atoms with Gasteiger partial charge in [-0.2, -0.15) is 0 Å². The van der Waals surface area contributed by atoms with Gasteiger partial charge in [0.1, 0.15) is 0 Å². The van der Waals surface area contributed by atoms with Crippen LogP contribution in [0.15, 0.2) is 0 Å². The van der Waals surface area contributed by atoms with Crippen LogP contribution < -0.4 is 5.32 Å². The minimum absolute atomic E-state index is 0. The fourth-order valence-corrected chi connectivity index (χ4v) is 3.54. The van der Waals surface area contributed by atoms with E-state index in [2.05, 4.69) is 5.32 Å². The van der Waals surface area contributed by atoms with Gasteiger partial charge in [-0.15, -0.1) is 12.4 Å². The molecule has 3 saturated heterocycles. The first-order valence-corrected chi connectivity index (χ1v) is 8.58. The maximum Gasteiger partial charge on any atom is 0.239 e. The number of hydrogen-bond donors (Lipinski definition) is 1. The van der Waals surface area contributed by atoms with Crippen LogP contribution in [0.25, 0.3) is 0 Å². The van der Waals surface area contributed by atoms with Crippen LogP contribution in [0, 0.1) is 0 Å². The average molecular weight is 333 g/mol. The highest BCUT2D eigenvalue weighted by atomic mass is 35.5. The van der Waals surface area contributed by atoms with Gasteiger partial charge < -0.3 is 19.7 Å². The Labute approximate surface area is 139 Å². The number of ether oxygens (including phenoxy) is 2. The van der Waals surface area contributed by atoms with Crippen LogP contribution in [-0.4, -0.2) is 61.9 Å². The summed E-state index contributed by atoms with van der Waals surface area (Å²) in [6, 6.07) is 0.0677. The maximum absolute atomic E-state index is 12.3. The second-order valence-electron chi connectivity index (χ2n) is 6.50. The fourth-order valence-electron chi connectivity index (χ4n) is 3.54. The van der Waals surface area contributed by atoms with Crippen LogP contribution in [0.2, 0.25) is 0 Å². The molecule has 0 aromatic rings. The van der Waals surface area contributed by atoms with Crippen LogP contribution in [0.4, 0.5) is 0 Å². The van der Waals surface area contributed by atoms with E-state index in [0.717, 1.165) is 65.0 Å². The second kappa shape index (κ2) is 9.06. The molecular weight excluding hydrogens is 304 g/mol. The summed E-state index contributed by atoms with van der Waals surface area (Å²) in [5.41, 5.74) is 0. The van der Waals surface area contributed by atoms with Gasteiger partial charge in [0, 0.05) is 19.7 Å². The number of hydrogen-bond acceptors (Lipinski definition) is 4. The van der Waals surface area contributed by atoms with E-state index in [9.17, 15) is 4.79 Å². The lowest BCUT2D eigenvalue weighted by molar-refractivity contribution is -0.136. The zero-order valence-corrected chi connectivity index (χ0v) is 14.1. The summed E-state index contributed by atoms with van der Waals surface area (Å²) >= 11 is 0. The van der Waals surface area contributed by atoms with E-state index in [0.29, 0.717) is 18.1 Å². The predicted molar refractivity (Wildman–Crippen MR) is 87.4 cm³/mol. The molecule has 3 rings (SSSR count). The Bertz CT molecular complexity index is 336. The van der Waals surface area contributed by atoms with Crippen LogP contribution in [-0.2, 0) is 14.3 Å². The lowest BCUT2D eigenvalue weighted by Crippen LogP contribution is -2.48. The molecule has 0 aliphatic carbocycles. The number of amides is 1. The topological polar surface area (TPSA) is 50.8 Å². The SMILES string of the molecule is Cl.O=C(C1CCCN1)N1CCC(OCC2CCCCO2)CC1. The molecule has 3 aliphatic heterocycles. The Morgan fingerprint density at radius 1 is 1.14 bits per heavy atom. The van der Waals surface area contributed by atoms with Gasteiger partial charge in [0.15, 0.2) is 0 Å². The van der Waals surface area contributed by atoms with Gasteiger partial charge in [0.25, 0.3) is 0 Å². The van der Waals surface area contributed by atoms with E-state index in [1.54, 1.807) is 0 Å². The smallest absolute Gasteiger partial charge is 0.239 e. The van der Waals surface area contributed by atoms with Crippen molar-refractivity contribution < 1.29 is 14.3 Å². The minimum Gasteiger partial charge on any atom is -0.376 e. The number of halogens is 1. The molecule has 0 spiro atoms. The molecule has 1 amide bonds. The highest BCUT2D eigenvalue weighted by molar-refractivity contribution is 5.85. The Morgan fingerprint density at radius 3 is 2.59 bits per heavy atom. The Hall–Kier alpha value is -0.360. The minimum atomic E-state index is 0. The van der Waals surface area contributed by atoms with Gasteiger partial charge in [-0.3, -0.25) is 4.79 Å². The molecule has 0 radical (unpaired) electrons. The Balaban J connectivity index is 0.00000176. The highest BCUT2D eigenvalue weighted by Gasteiger charge is 2.30. The first-order chi connectivity index (χ1) is 10.3. The molecule has 22 heavy (non-hydrogen) atoms. The molecule has 3 heterocycles. The molecule has 6 heteroatoms. The summed E-state index contributed by atoms with van der Waals surface area (Å²) in [6.07, 6.45) is 8.21. The summed E-state index contributed by atoms with van der Waals surface area (Å²) in [5.74, 6) is 0.293. The van der Waals surface area contributed by atoms with Crippen molar-refractivity contribution in [2.75, 3.05) is 32.8 Å².